The third-order valence-electron chi connectivity index (χ3n) is 6.32. The van der Waals surface area contributed by atoms with Crippen LogP contribution in [0.1, 0.15) is 31.2 Å². The van der Waals surface area contributed by atoms with Crippen LogP contribution in [0.3, 0.4) is 0 Å². The number of nitrogens with one attached hydrogen (secondary N) is 1. The van der Waals surface area contributed by atoms with Crippen LogP contribution in [0, 0.1) is 0 Å². The van der Waals surface area contributed by atoms with E-state index in [1.54, 1.807) is 12.4 Å². The van der Waals surface area contributed by atoms with Crippen LogP contribution < -0.4 is 16.0 Å². The zero-order chi connectivity index (χ0) is 23.2. The Morgan fingerprint density at radius 1 is 1.03 bits per heavy atom. The smallest absolute Gasteiger partial charge is 0.228 e. The third kappa shape index (κ3) is 5.60. The second-order valence-corrected chi connectivity index (χ2v) is 8.74. The Hall–Kier alpha value is -3.30. The highest BCUT2D eigenvalue weighted by molar-refractivity contribution is 5.63. The van der Waals surface area contributed by atoms with Crippen molar-refractivity contribution in [2.45, 2.75) is 44.4 Å². The number of aromatic nitrogens is 4. The molecule has 0 amide bonds. The fourth-order valence-electron chi connectivity index (χ4n) is 4.46. The van der Waals surface area contributed by atoms with Crippen molar-refractivity contribution < 1.29 is 9.47 Å². The van der Waals surface area contributed by atoms with E-state index in [0.717, 1.165) is 43.0 Å². The number of morpholine rings is 1. The molecule has 178 valence electrons. The first-order valence-electron chi connectivity index (χ1n) is 12.0. The number of nitrogens with zero attached hydrogens (tertiary/aromatic N) is 5. The second kappa shape index (κ2) is 10.8. The van der Waals surface area contributed by atoms with Crippen LogP contribution in [0.25, 0.3) is 11.3 Å². The average Bonchev–Trinajstić information content (AvgIpc) is 2.89. The Balaban J connectivity index is 1.38. The average molecular weight is 462 g/mol. The summed E-state index contributed by atoms with van der Waals surface area (Å²) in [5.41, 5.74) is 8.44. The maximum atomic E-state index is 6.36. The van der Waals surface area contributed by atoms with Gasteiger partial charge in [0.1, 0.15) is 5.82 Å². The van der Waals surface area contributed by atoms with Gasteiger partial charge in [0.2, 0.25) is 11.9 Å². The molecule has 34 heavy (non-hydrogen) atoms. The van der Waals surface area contributed by atoms with E-state index in [4.69, 9.17) is 25.2 Å². The predicted octanol–water partition coefficient (Wildman–Crippen LogP) is 3.29. The molecule has 2 aromatic heterocycles. The Morgan fingerprint density at radius 3 is 2.59 bits per heavy atom. The van der Waals surface area contributed by atoms with Gasteiger partial charge in [-0.1, -0.05) is 43.2 Å². The summed E-state index contributed by atoms with van der Waals surface area (Å²) >= 11 is 0. The number of nitrogens with two attached hydrogens (primary N) is 1. The lowest BCUT2D eigenvalue weighted by Crippen LogP contribution is -2.39. The molecule has 1 aromatic carbocycles. The molecule has 0 unspecified atom stereocenters. The monoisotopic (exact) mass is 461 g/mol. The summed E-state index contributed by atoms with van der Waals surface area (Å²) in [5, 5.41) is 3.67. The first-order chi connectivity index (χ1) is 16.7. The number of hydrogen-bond acceptors (Lipinski definition) is 9. The predicted molar refractivity (Wildman–Crippen MR) is 131 cm³/mol. The molecule has 9 nitrogen and oxygen atoms in total. The highest BCUT2D eigenvalue weighted by atomic mass is 16.5. The molecule has 1 saturated carbocycles. The summed E-state index contributed by atoms with van der Waals surface area (Å²) in [5.74, 6) is 1.70. The van der Waals surface area contributed by atoms with E-state index in [0.29, 0.717) is 25.8 Å². The molecule has 1 saturated heterocycles. The summed E-state index contributed by atoms with van der Waals surface area (Å²) < 4.78 is 11.9. The van der Waals surface area contributed by atoms with Crippen LogP contribution in [0.2, 0.25) is 0 Å². The maximum Gasteiger partial charge on any atom is 0.228 e. The molecule has 1 aliphatic heterocycles. The van der Waals surface area contributed by atoms with Crippen LogP contribution >= 0.6 is 0 Å². The van der Waals surface area contributed by atoms with Gasteiger partial charge in [0, 0.05) is 37.1 Å². The summed E-state index contributed by atoms with van der Waals surface area (Å²) in [6.45, 7) is 3.46. The van der Waals surface area contributed by atoms with E-state index in [1.807, 2.05) is 24.3 Å². The van der Waals surface area contributed by atoms with Gasteiger partial charge >= 0.3 is 0 Å². The largest absolute Gasteiger partial charge is 0.378 e. The Morgan fingerprint density at radius 2 is 1.79 bits per heavy atom. The molecule has 5 rings (SSSR count). The van der Waals surface area contributed by atoms with Crippen molar-refractivity contribution in [1.82, 2.24) is 19.9 Å². The summed E-state index contributed by atoms with van der Waals surface area (Å²) in [4.78, 5) is 20.1. The molecule has 0 radical (unpaired) electrons. The maximum absolute atomic E-state index is 6.36. The summed E-state index contributed by atoms with van der Waals surface area (Å²) in [6, 6.07) is 12.5. The molecule has 3 aromatic rings. The molecular formula is C25H31N7O2. The molecular weight excluding hydrogens is 430 g/mol. The standard InChI is InChI=1S/C25H31N7O2/c26-24-27-15-19(16-28-24)21-14-23(31-25(30-21)32-10-12-33-13-11-32)29-20-8-4-5-9-22(20)34-17-18-6-2-1-3-7-18/h1-3,6-7,14-16,20,22H,4-5,8-13,17H2,(H2,26,27,28)(H,29,30,31)/t20-,22-/m1/s1. The van der Waals surface area contributed by atoms with Crippen molar-refractivity contribution in [2.24, 2.45) is 0 Å². The first kappa shape index (κ1) is 22.5. The van der Waals surface area contributed by atoms with Crippen molar-refractivity contribution in [1.29, 1.82) is 0 Å². The third-order valence-corrected chi connectivity index (χ3v) is 6.32. The highest BCUT2D eigenvalue weighted by Gasteiger charge is 2.27. The van der Waals surface area contributed by atoms with Crippen LogP contribution in [0.5, 0.6) is 0 Å². The minimum atomic E-state index is 0.124. The van der Waals surface area contributed by atoms with Gasteiger partial charge < -0.3 is 25.4 Å². The zero-order valence-corrected chi connectivity index (χ0v) is 19.3. The van der Waals surface area contributed by atoms with Gasteiger partial charge in [-0.2, -0.15) is 4.98 Å². The van der Waals surface area contributed by atoms with Crippen LogP contribution in [0.15, 0.2) is 48.8 Å². The van der Waals surface area contributed by atoms with Gasteiger partial charge in [0.25, 0.3) is 0 Å². The van der Waals surface area contributed by atoms with Crippen molar-refractivity contribution in [2.75, 3.05) is 42.3 Å². The van der Waals surface area contributed by atoms with Crippen LogP contribution in [-0.2, 0) is 16.1 Å². The first-order valence-corrected chi connectivity index (χ1v) is 12.0. The molecule has 2 fully saturated rings. The van der Waals surface area contributed by atoms with Crippen molar-refractivity contribution in [3.05, 3.63) is 54.4 Å². The van der Waals surface area contributed by atoms with E-state index in [-0.39, 0.29) is 18.1 Å². The number of ether oxygens (including phenoxy) is 2. The minimum absolute atomic E-state index is 0.124. The number of hydrogen-bond donors (Lipinski definition) is 2. The highest BCUT2D eigenvalue weighted by Crippen LogP contribution is 2.28. The zero-order valence-electron chi connectivity index (χ0n) is 19.3. The van der Waals surface area contributed by atoms with E-state index in [2.05, 4.69) is 32.3 Å². The Bertz CT molecular complexity index is 1060. The lowest BCUT2D eigenvalue weighted by atomic mass is 9.92. The molecule has 2 atom stereocenters. The fraction of sp³-hybridized carbons (Fsp3) is 0.440. The van der Waals surface area contributed by atoms with E-state index >= 15 is 0 Å². The fourth-order valence-corrected chi connectivity index (χ4v) is 4.46. The molecule has 9 heteroatoms. The number of rotatable bonds is 7. The number of nitrogen functional groups attached to an aromatic ring is 1. The lowest BCUT2D eigenvalue weighted by molar-refractivity contribution is 0.00875. The molecule has 0 bridgehead atoms. The molecule has 1 aliphatic carbocycles. The molecule has 2 aliphatic rings. The van der Waals surface area contributed by atoms with Gasteiger partial charge in [-0.25, -0.2) is 15.0 Å². The van der Waals surface area contributed by atoms with Gasteiger partial charge in [-0.15, -0.1) is 0 Å². The van der Waals surface area contributed by atoms with E-state index in [1.165, 1.54) is 18.4 Å². The second-order valence-electron chi connectivity index (χ2n) is 8.74. The Kier molecular flexibility index (Phi) is 7.11. The van der Waals surface area contributed by atoms with Crippen LogP contribution in [-0.4, -0.2) is 58.4 Å². The number of anilines is 3. The quantitative estimate of drug-likeness (QED) is 0.547. The van der Waals surface area contributed by atoms with Gasteiger partial charge in [-0.3, -0.25) is 0 Å². The van der Waals surface area contributed by atoms with Gasteiger partial charge in [-0.05, 0) is 18.4 Å². The van der Waals surface area contributed by atoms with Gasteiger partial charge in [0.15, 0.2) is 0 Å². The van der Waals surface area contributed by atoms with Crippen LogP contribution in [0.4, 0.5) is 17.7 Å². The molecule has 3 N–H and O–H groups in total. The molecule has 0 spiro atoms. The SMILES string of the molecule is Nc1ncc(-c2cc(N[C@@H]3CCCC[C@H]3OCc3ccccc3)nc(N3CCOCC3)n2)cn1. The normalized spacial score (nSPS) is 20.8. The summed E-state index contributed by atoms with van der Waals surface area (Å²) in [6.07, 6.45) is 7.94. The Labute approximate surface area is 199 Å². The van der Waals surface area contributed by atoms with Crippen molar-refractivity contribution in [3.63, 3.8) is 0 Å². The lowest BCUT2D eigenvalue weighted by Gasteiger charge is -2.33. The van der Waals surface area contributed by atoms with E-state index in [9.17, 15) is 0 Å². The van der Waals surface area contributed by atoms with Crippen molar-refractivity contribution in [3.8, 4) is 11.3 Å². The summed E-state index contributed by atoms with van der Waals surface area (Å²) in [7, 11) is 0. The number of benzene rings is 1. The minimum Gasteiger partial charge on any atom is -0.378 e. The molecule has 3 heterocycles. The van der Waals surface area contributed by atoms with E-state index < -0.39 is 0 Å². The van der Waals surface area contributed by atoms with Crippen molar-refractivity contribution >= 4 is 17.7 Å². The topological polar surface area (TPSA) is 111 Å². The van der Waals surface area contributed by atoms with Gasteiger partial charge in [0.05, 0.1) is 37.7 Å².